The van der Waals surface area contributed by atoms with Crippen LogP contribution < -0.4 is 4.90 Å². The van der Waals surface area contributed by atoms with E-state index >= 15 is 0 Å². The van der Waals surface area contributed by atoms with Gasteiger partial charge in [-0.3, -0.25) is 4.90 Å². The molecule has 0 bridgehead atoms. The second-order valence-electron chi connectivity index (χ2n) is 11.3. The Balaban J connectivity index is 1.47. The van der Waals surface area contributed by atoms with Crippen LogP contribution in [0.15, 0.2) is 24.3 Å². The Kier molecular flexibility index (Phi) is 5.31. The Labute approximate surface area is 167 Å². The maximum atomic E-state index is 2.72. The molecule has 1 aliphatic heterocycles. The summed E-state index contributed by atoms with van der Waals surface area (Å²) >= 11 is 0. The van der Waals surface area contributed by atoms with E-state index in [-0.39, 0.29) is 0 Å². The third-order valence-electron chi connectivity index (χ3n) is 7.39. The number of rotatable bonds is 4. The van der Waals surface area contributed by atoms with Crippen LogP contribution in [0.1, 0.15) is 77.7 Å². The first-order valence-corrected chi connectivity index (χ1v) is 11.4. The predicted octanol–water partition coefficient (Wildman–Crippen LogP) is 5.93. The Morgan fingerprint density at radius 2 is 1.52 bits per heavy atom. The molecular weight excluding hydrogens is 328 g/mol. The summed E-state index contributed by atoms with van der Waals surface area (Å²) in [6.07, 6.45) is 8.40. The van der Waals surface area contributed by atoms with Gasteiger partial charge >= 0.3 is 0 Å². The van der Waals surface area contributed by atoms with Gasteiger partial charge in [0, 0.05) is 38.4 Å². The fourth-order valence-electron chi connectivity index (χ4n) is 6.40. The van der Waals surface area contributed by atoms with Crippen LogP contribution in [0, 0.1) is 16.7 Å². The molecule has 2 nitrogen and oxygen atoms in total. The van der Waals surface area contributed by atoms with Crippen LogP contribution >= 0.6 is 0 Å². The lowest BCUT2D eigenvalue weighted by atomic mass is 9.60. The number of hydrogen-bond donors (Lipinski definition) is 0. The van der Waals surface area contributed by atoms with E-state index in [2.05, 4.69) is 61.8 Å². The zero-order chi connectivity index (χ0) is 19.1. The smallest absolute Gasteiger partial charge is 0.0402 e. The lowest BCUT2D eigenvalue weighted by Crippen LogP contribution is -2.48. The lowest BCUT2D eigenvalue weighted by Gasteiger charge is -2.46. The number of benzene rings is 1. The summed E-state index contributed by atoms with van der Waals surface area (Å²) in [6, 6.07) is 9.34. The maximum Gasteiger partial charge on any atom is 0.0402 e. The van der Waals surface area contributed by atoms with Crippen LogP contribution in [0.25, 0.3) is 0 Å². The lowest BCUT2D eigenvalue weighted by molar-refractivity contribution is 0.0969. The second-order valence-corrected chi connectivity index (χ2v) is 11.3. The molecule has 0 amide bonds. The topological polar surface area (TPSA) is 6.48 Å². The van der Waals surface area contributed by atoms with Gasteiger partial charge in [-0.05, 0) is 66.4 Å². The van der Waals surface area contributed by atoms with E-state index in [0.29, 0.717) is 16.7 Å². The highest BCUT2D eigenvalue weighted by molar-refractivity contribution is 5.56. The minimum atomic E-state index is 0.445. The summed E-state index contributed by atoms with van der Waals surface area (Å²) in [7, 11) is 0. The summed E-state index contributed by atoms with van der Waals surface area (Å²) in [6.45, 7) is 16.1. The highest BCUT2D eigenvalue weighted by atomic mass is 15.3. The van der Waals surface area contributed by atoms with Gasteiger partial charge in [0.2, 0.25) is 0 Å². The van der Waals surface area contributed by atoms with Crippen molar-refractivity contribution >= 4 is 5.69 Å². The molecular formula is C25H40N2. The molecule has 27 heavy (non-hydrogen) atoms. The molecule has 3 fully saturated rings. The van der Waals surface area contributed by atoms with Gasteiger partial charge in [-0.15, -0.1) is 0 Å². The first kappa shape index (κ1) is 19.3. The van der Waals surface area contributed by atoms with Crippen molar-refractivity contribution < 1.29 is 0 Å². The van der Waals surface area contributed by atoms with Crippen LogP contribution in [0.4, 0.5) is 5.69 Å². The average Bonchev–Trinajstić information content (AvgIpc) is 2.56. The largest absolute Gasteiger partial charge is 0.369 e. The fourth-order valence-corrected chi connectivity index (χ4v) is 6.40. The molecule has 2 saturated carbocycles. The minimum Gasteiger partial charge on any atom is -0.369 e. The first-order chi connectivity index (χ1) is 12.8. The Bertz CT molecular complexity index is 619. The molecule has 1 heterocycles. The molecule has 0 radical (unpaired) electrons. The highest BCUT2D eigenvalue weighted by Gasteiger charge is 2.40. The summed E-state index contributed by atoms with van der Waals surface area (Å²) < 4.78 is 0. The van der Waals surface area contributed by atoms with Crippen molar-refractivity contribution in [3.8, 4) is 0 Å². The molecule has 0 N–H and O–H groups in total. The highest BCUT2D eigenvalue weighted by Crippen LogP contribution is 2.53. The molecule has 150 valence electrons. The Morgan fingerprint density at radius 3 is 2.11 bits per heavy atom. The predicted molar refractivity (Wildman–Crippen MR) is 117 cm³/mol. The van der Waals surface area contributed by atoms with Gasteiger partial charge in [0.05, 0.1) is 0 Å². The van der Waals surface area contributed by atoms with E-state index in [9.17, 15) is 0 Å². The van der Waals surface area contributed by atoms with Crippen molar-refractivity contribution in [3.63, 3.8) is 0 Å². The molecule has 0 unspecified atom stereocenters. The third-order valence-corrected chi connectivity index (χ3v) is 7.39. The monoisotopic (exact) mass is 368 g/mol. The molecule has 3 aliphatic rings. The Morgan fingerprint density at radius 1 is 0.889 bits per heavy atom. The number of para-hydroxylation sites is 1. The van der Waals surface area contributed by atoms with E-state index in [1.165, 1.54) is 76.9 Å². The van der Waals surface area contributed by atoms with Crippen molar-refractivity contribution in [2.24, 2.45) is 16.7 Å². The zero-order valence-corrected chi connectivity index (χ0v) is 18.1. The Hall–Kier alpha value is -1.02. The fraction of sp³-hybridized carbons (Fsp3) is 0.760. The van der Waals surface area contributed by atoms with Crippen LogP contribution in [0.5, 0.6) is 0 Å². The van der Waals surface area contributed by atoms with E-state index < -0.39 is 0 Å². The van der Waals surface area contributed by atoms with E-state index in [1.807, 2.05) is 0 Å². The summed E-state index contributed by atoms with van der Waals surface area (Å²) in [4.78, 5) is 5.40. The van der Waals surface area contributed by atoms with Crippen molar-refractivity contribution in [2.45, 2.75) is 72.1 Å². The second kappa shape index (κ2) is 7.43. The molecule has 1 aromatic rings. The molecule has 4 rings (SSSR count). The van der Waals surface area contributed by atoms with Gasteiger partial charge < -0.3 is 4.90 Å². The molecule has 2 heteroatoms. The number of piperazine rings is 1. The van der Waals surface area contributed by atoms with Crippen molar-refractivity contribution in [1.29, 1.82) is 0 Å². The first-order valence-electron chi connectivity index (χ1n) is 11.4. The molecule has 0 atom stereocenters. The van der Waals surface area contributed by atoms with Gasteiger partial charge in [-0.1, -0.05) is 52.3 Å². The molecule has 2 aliphatic carbocycles. The summed E-state index contributed by atoms with van der Waals surface area (Å²) in [5.74, 6) is 1.70. The van der Waals surface area contributed by atoms with Crippen molar-refractivity contribution in [1.82, 2.24) is 4.90 Å². The van der Waals surface area contributed by atoms with E-state index in [1.54, 1.807) is 5.56 Å². The number of nitrogens with zero attached hydrogens (tertiary/aromatic N) is 2. The third kappa shape index (κ3) is 4.53. The minimum absolute atomic E-state index is 0.445. The van der Waals surface area contributed by atoms with Crippen LogP contribution in [0.3, 0.4) is 0 Å². The summed E-state index contributed by atoms with van der Waals surface area (Å²) in [5.41, 5.74) is 4.03. The van der Waals surface area contributed by atoms with Gasteiger partial charge in [-0.25, -0.2) is 0 Å². The maximum absolute atomic E-state index is 2.72. The molecule has 1 saturated heterocycles. The van der Waals surface area contributed by atoms with Gasteiger partial charge in [0.1, 0.15) is 0 Å². The van der Waals surface area contributed by atoms with Crippen LogP contribution in [-0.2, 0) is 0 Å². The van der Waals surface area contributed by atoms with Crippen molar-refractivity contribution in [2.75, 3.05) is 37.6 Å². The van der Waals surface area contributed by atoms with Gasteiger partial charge in [0.25, 0.3) is 0 Å². The normalized spacial score (nSPS) is 26.7. The zero-order valence-electron chi connectivity index (χ0n) is 18.1. The summed E-state index contributed by atoms with van der Waals surface area (Å²) in [5, 5.41) is 0. The van der Waals surface area contributed by atoms with E-state index in [4.69, 9.17) is 0 Å². The quantitative estimate of drug-likeness (QED) is 0.650. The molecule has 1 aromatic carbocycles. The van der Waals surface area contributed by atoms with Gasteiger partial charge in [-0.2, -0.15) is 0 Å². The number of hydrogen-bond acceptors (Lipinski definition) is 2. The van der Waals surface area contributed by atoms with Gasteiger partial charge in [0.15, 0.2) is 0 Å². The number of anilines is 1. The van der Waals surface area contributed by atoms with Crippen molar-refractivity contribution in [3.05, 3.63) is 29.8 Å². The SMILES string of the molecule is CC1(C)CC(c2ccccc2N2CCN(CC3CCC3)CC2)CC(C)(C)C1. The molecule has 0 spiro atoms. The molecule has 0 aromatic heterocycles. The standard InChI is InChI=1S/C25H40N2/c1-24(2)16-21(17-25(3,4)19-24)22-10-5-6-11-23(22)27-14-12-26(13-15-27)18-20-8-7-9-20/h5-6,10-11,20-21H,7-9,12-19H2,1-4H3. The van der Waals surface area contributed by atoms with E-state index in [0.717, 1.165) is 5.92 Å². The van der Waals surface area contributed by atoms with Crippen LogP contribution in [-0.4, -0.2) is 37.6 Å². The average molecular weight is 369 g/mol. The van der Waals surface area contributed by atoms with Crippen LogP contribution in [0.2, 0.25) is 0 Å².